The molecule has 0 aliphatic carbocycles. The molecule has 0 spiro atoms. The Labute approximate surface area is 80.7 Å². The Bertz CT molecular complexity index is 155. The zero-order valence-electron chi connectivity index (χ0n) is 8.28. The smallest absolute Gasteiger partial charge is 0.0311 e. The van der Waals surface area contributed by atoms with Crippen molar-refractivity contribution in [2.24, 2.45) is 0 Å². The maximum absolute atomic E-state index is 8.52. The van der Waals surface area contributed by atoms with Gasteiger partial charge in [0, 0.05) is 10.4 Å². The molecule has 0 unspecified atom stereocenters. The third-order valence-electron chi connectivity index (χ3n) is 1.21. The molecule has 84 valence electrons. The topological polar surface area (TPSA) is 115 Å². The average molecular weight is 213 g/mol. The van der Waals surface area contributed by atoms with Crippen LogP contribution in [0.25, 0.3) is 0 Å². The van der Waals surface area contributed by atoms with Crippen molar-refractivity contribution < 1.29 is 17.5 Å². The standard InChI is InChI=1S/C7H16.H3N.H2O4S/c1-3-5-7-6-4-2;;1-5(2,3)4/h3-7H2,1-2H3;1H3;(H2,1,2,3,4)/p-2. The molecule has 0 aromatic heterocycles. The van der Waals surface area contributed by atoms with Crippen LogP contribution in [0.4, 0.5) is 0 Å². The Morgan fingerprint density at radius 2 is 1.15 bits per heavy atom. The van der Waals surface area contributed by atoms with E-state index in [9.17, 15) is 0 Å². The van der Waals surface area contributed by atoms with Crippen molar-refractivity contribution in [3.63, 3.8) is 0 Å². The van der Waals surface area contributed by atoms with E-state index in [1.165, 1.54) is 32.1 Å². The number of hydrogen-bond donors (Lipinski definition) is 1. The molecule has 0 aliphatic heterocycles. The van der Waals surface area contributed by atoms with Crippen LogP contribution in [0.2, 0.25) is 0 Å². The van der Waals surface area contributed by atoms with Gasteiger partial charge in [-0.15, -0.1) is 0 Å². The minimum absolute atomic E-state index is 0. The highest BCUT2D eigenvalue weighted by Gasteiger charge is 1.80. The third-order valence-corrected chi connectivity index (χ3v) is 1.21. The largest absolute Gasteiger partial charge is 0.759 e. The maximum Gasteiger partial charge on any atom is 0.0311 e. The van der Waals surface area contributed by atoms with Crippen molar-refractivity contribution in [2.75, 3.05) is 0 Å². The van der Waals surface area contributed by atoms with Crippen LogP contribution in [0.3, 0.4) is 0 Å². The van der Waals surface area contributed by atoms with Crippen LogP contribution in [-0.2, 0) is 10.4 Å². The molecule has 0 atom stereocenters. The van der Waals surface area contributed by atoms with Crippen molar-refractivity contribution in [3.05, 3.63) is 0 Å². The first-order valence-corrected chi connectivity index (χ1v) is 5.41. The summed E-state index contributed by atoms with van der Waals surface area (Å²) in [6.45, 7) is 4.49. The van der Waals surface area contributed by atoms with Gasteiger partial charge in [-0.25, -0.2) is 0 Å². The van der Waals surface area contributed by atoms with Crippen LogP contribution >= 0.6 is 0 Å². The van der Waals surface area contributed by atoms with Gasteiger partial charge in [0.25, 0.3) is 0 Å². The molecule has 0 aromatic carbocycles. The Morgan fingerprint density at radius 1 is 0.923 bits per heavy atom. The summed E-state index contributed by atoms with van der Waals surface area (Å²) in [5.41, 5.74) is 0. The monoisotopic (exact) mass is 213 g/mol. The fraction of sp³-hybridized carbons (Fsp3) is 1.00. The number of hydrogen-bond acceptors (Lipinski definition) is 5. The lowest BCUT2D eigenvalue weighted by Crippen LogP contribution is -1.91. The van der Waals surface area contributed by atoms with Crippen LogP contribution in [0.15, 0.2) is 0 Å². The van der Waals surface area contributed by atoms with Gasteiger partial charge in [-0.2, -0.15) is 0 Å². The molecule has 0 aliphatic rings. The molecule has 3 N–H and O–H groups in total. The van der Waals surface area contributed by atoms with E-state index in [4.69, 9.17) is 17.5 Å². The quantitative estimate of drug-likeness (QED) is 0.434. The van der Waals surface area contributed by atoms with Crippen molar-refractivity contribution in [2.45, 2.75) is 46.0 Å². The SMILES string of the molecule is CCCCCCC.N.O=S(=O)([O-])[O-]. The highest BCUT2D eigenvalue weighted by molar-refractivity contribution is 7.79. The Kier molecular flexibility index (Phi) is 16.9. The number of rotatable bonds is 4. The molecule has 0 amide bonds. The summed E-state index contributed by atoms with van der Waals surface area (Å²) < 4.78 is 34.1. The number of unbranched alkanes of at least 4 members (excludes halogenated alkanes) is 4. The molecule has 0 aromatic rings. The normalized spacial score (nSPS) is 9.54. The summed E-state index contributed by atoms with van der Waals surface area (Å²) in [5, 5.41) is 0. The molecular weight excluding hydrogens is 194 g/mol. The van der Waals surface area contributed by atoms with Crippen molar-refractivity contribution in [3.8, 4) is 0 Å². The van der Waals surface area contributed by atoms with Gasteiger partial charge in [0.05, 0.1) is 0 Å². The maximum atomic E-state index is 8.52. The van der Waals surface area contributed by atoms with E-state index in [0.717, 1.165) is 0 Å². The van der Waals surface area contributed by atoms with E-state index in [-0.39, 0.29) is 6.15 Å². The lowest BCUT2D eigenvalue weighted by Gasteiger charge is -2.06. The van der Waals surface area contributed by atoms with E-state index in [1.54, 1.807) is 0 Å². The first kappa shape index (κ1) is 18.6. The Morgan fingerprint density at radius 3 is 1.31 bits per heavy atom. The van der Waals surface area contributed by atoms with Gasteiger partial charge in [-0.05, 0) is 0 Å². The van der Waals surface area contributed by atoms with E-state index < -0.39 is 10.4 Å². The Hall–Kier alpha value is -0.170. The fourth-order valence-electron chi connectivity index (χ4n) is 0.677. The zero-order chi connectivity index (χ0) is 10.0. The predicted molar refractivity (Wildman–Crippen MR) is 49.9 cm³/mol. The van der Waals surface area contributed by atoms with Crippen LogP contribution in [-0.4, -0.2) is 17.5 Å². The second-order valence-electron chi connectivity index (χ2n) is 2.47. The highest BCUT2D eigenvalue weighted by atomic mass is 32.3. The summed E-state index contributed by atoms with van der Waals surface area (Å²) >= 11 is 0. The zero-order valence-corrected chi connectivity index (χ0v) is 9.10. The second-order valence-corrected chi connectivity index (χ2v) is 3.29. The first-order chi connectivity index (χ1) is 5.41. The Balaban J connectivity index is -0.000000150. The minimum atomic E-state index is -5.17. The molecule has 0 heterocycles. The summed E-state index contributed by atoms with van der Waals surface area (Å²) in [6.07, 6.45) is 7.01. The predicted octanol–water partition coefficient (Wildman–Crippen LogP) is 1.80. The van der Waals surface area contributed by atoms with Gasteiger partial charge in [0.1, 0.15) is 0 Å². The van der Waals surface area contributed by atoms with Crippen molar-refractivity contribution in [1.29, 1.82) is 0 Å². The molecule has 0 bridgehead atoms. The third kappa shape index (κ3) is 77.9. The summed E-state index contributed by atoms with van der Waals surface area (Å²) in [6, 6.07) is 0. The van der Waals surface area contributed by atoms with Crippen LogP contribution in [0.5, 0.6) is 0 Å². The molecule has 6 heteroatoms. The van der Waals surface area contributed by atoms with Gasteiger partial charge in [-0.1, -0.05) is 46.0 Å². The molecular formula is C7H19NO4S-2. The first-order valence-electron chi connectivity index (χ1n) is 4.08. The molecule has 13 heavy (non-hydrogen) atoms. The summed E-state index contributed by atoms with van der Waals surface area (Å²) in [7, 11) is -5.17. The summed E-state index contributed by atoms with van der Waals surface area (Å²) in [4.78, 5) is 0. The van der Waals surface area contributed by atoms with E-state index >= 15 is 0 Å². The second kappa shape index (κ2) is 11.8. The van der Waals surface area contributed by atoms with Gasteiger partial charge in [0.2, 0.25) is 0 Å². The van der Waals surface area contributed by atoms with Crippen LogP contribution in [0, 0.1) is 0 Å². The van der Waals surface area contributed by atoms with Gasteiger partial charge >= 0.3 is 0 Å². The van der Waals surface area contributed by atoms with Crippen molar-refractivity contribution in [1.82, 2.24) is 6.15 Å². The van der Waals surface area contributed by atoms with E-state index in [1.807, 2.05) is 0 Å². The molecule has 0 fully saturated rings. The van der Waals surface area contributed by atoms with E-state index in [2.05, 4.69) is 13.8 Å². The molecule has 0 rings (SSSR count). The summed E-state index contributed by atoms with van der Waals surface area (Å²) in [5.74, 6) is 0. The molecule has 0 radical (unpaired) electrons. The lowest BCUT2D eigenvalue weighted by molar-refractivity contribution is 0.352. The lowest BCUT2D eigenvalue weighted by atomic mass is 10.2. The van der Waals surface area contributed by atoms with Crippen LogP contribution < -0.4 is 6.15 Å². The highest BCUT2D eigenvalue weighted by Crippen LogP contribution is 2.00. The fourth-order valence-corrected chi connectivity index (χ4v) is 0.677. The van der Waals surface area contributed by atoms with Gasteiger partial charge in [-0.3, -0.25) is 8.42 Å². The minimum Gasteiger partial charge on any atom is -0.759 e. The van der Waals surface area contributed by atoms with E-state index in [0.29, 0.717) is 0 Å². The van der Waals surface area contributed by atoms with Crippen molar-refractivity contribution >= 4 is 10.4 Å². The van der Waals surface area contributed by atoms with Crippen LogP contribution in [0.1, 0.15) is 46.0 Å². The molecule has 0 saturated carbocycles. The average Bonchev–Trinajstić information content (AvgIpc) is 1.85. The molecule has 0 saturated heterocycles. The molecule has 5 nitrogen and oxygen atoms in total. The van der Waals surface area contributed by atoms with Gasteiger partial charge in [0.15, 0.2) is 0 Å². The van der Waals surface area contributed by atoms with Gasteiger partial charge < -0.3 is 15.3 Å².